The second-order valence-electron chi connectivity index (χ2n) is 7.38. The van der Waals surface area contributed by atoms with Gasteiger partial charge in [0.1, 0.15) is 28.0 Å². The van der Waals surface area contributed by atoms with Crippen molar-refractivity contribution in [1.82, 2.24) is 4.72 Å². The number of hydrogen-bond donors (Lipinski definition) is 4. The fraction of sp³-hybridized carbons (Fsp3) is 0.130. The summed E-state index contributed by atoms with van der Waals surface area (Å²) in [5.41, 5.74) is 1.88. The van der Waals surface area contributed by atoms with Crippen LogP contribution in [0.25, 0.3) is 0 Å². The van der Waals surface area contributed by atoms with Gasteiger partial charge in [-0.1, -0.05) is 12.1 Å². The Labute approximate surface area is 194 Å². The molecule has 3 aromatic carbocycles. The lowest BCUT2D eigenvalue weighted by Crippen LogP contribution is -2.23. The number of hydrogen-bond acceptors (Lipinski definition) is 6. The van der Waals surface area contributed by atoms with Crippen molar-refractivity contribution in [1.29, 1.82) is 0 Å². The van der Waals surface area contributed by atoms with E-state index in [0.29, 0.717) is 22.4 Å². The summed E-state index contributed by atoms with van der Waals surface area (Å²) in [6, 6.07) is 12.0. The number of ether oxygens (including phenoxy) is 1. The van der Waals surface area contributed by atoms with Crippen molar-refractivity contribution in [3.8, 4) is 17.2 Å². The van der Waals surface area contributed by atoms with Crippen molar-refractivity contribution in [2.75, 3.05) is 5.32 Å². The van der Waals surface area contributed by atoms with Crippen molar-refractivity contribution in [2.24, 2.45) is 0 Å². The van der Waals surface area contributed by atoms with Crippen LogP contribution in [0.4, 0.5) is 10.1 Å². The van der Waals surface area contributed by atoms with Gasteiger partial charge in [0.25, 0.3) is 0 Å². The van der Waals surface area contributed by atoms with Gasteiger partial charge >= 0.3 is 11.9 Å². The number of carboxylic acid groups (broad SMARTS) is 1. The van der Waals surface area contributed by atoms with Crippen LogP contribution in [0.3, 0.4) is 0 Å². The molecule has 0 unspecified atom stereocenters. The molecule has 0 saturated carbocycles. The van der Waals surface area contributed by atoms with Gasteiger partial charge in [0, 0.05) is 18.3 Å². The SMILES string of the molecule is Cc1cc(NC(=O)C(=O)O)cc(C)c1Oc1ccc(O)c(S(=O)(=O)NCc2ccc(F)cc2)c1. The molecule has 1 amide bonds. The number of amides is 1. The molecule has 11 heteroatoms. The van der Waals surface area contributed by atoms with Crippen LogP contribution in [0.2, 0.25) is 0 Å². The van der Waals surface area contributed by atoms with Crippen LogP contribution in [0, 0.1) is 19.7 Å². The molecule has 0 saturated heterocycles. The van der Waals surface area contributed by atoms with Gasteiger partial charge in [0.05, 0.1) is 0 Å². The van der Waals surface area contributed by atoms with Crippen LogP contribution in [-0.2, 0) is 26.2 Å². The zero-order valence-electron chi connectivity index (χ0n) is 18.1. The van der Waals surface area contributed by atoms with Crippen LogP contribution < -0.4 is 14.8 Å². The number of anilines is 1. The lowest BCUT2D eigenvalue weighted by molar-refractivity contribution is -0.147. The number of phenols is 1. The van der Waals surface area contributed by atoms with Crippen molar-refractivity contribution in [3.63, 3.8) is 0 Å². The molecule has 3 rings (SSSR count). The number of aliphatic carboxylic acids is 1. The fourth-order valence-corrected chi connectivity index (χ4v) is 4.24. The maximum atomic E-state index is 13.0. The fourth-order valence-electron chi connectivity index (χ4n) is 3.12. The third-order valence-electron chi connectivity index (χ3n) is 4.73. The summed E-state index contributed by atoms with van der Waals surface area (Å²) in [6.07, 6.45) is 0. The molecule has 34 heavy (non-hydrogen) atoms. The Bertz CT molecular complexity index is 1330. The molecule has 0 atom stereocenters. The van der Waals surface area contributed by atoms with Crippen LogP contribution in [0.5, 0.6) is 17.2 Å². The zero-order valence-corrected chi connectivity index (χ0v) is 18.9. The number of sulfonamides is 1. The summed E-state index contributed by atoms with van der Waals surface area (Å²) in [5, 5.41) is 21.1. The molecule has 0 aliphatic heterocycles. The first kappa shape index (κ1) is 24.7. The van der Waals surface area contributed by atoms with E-state index in [-0.39, 0.29) is 18.0 Å². The summed E-state index contributed by atoms with van der Waals surface area (Å²) in [4.78, 5) is 21.7. The Hall–Kier alpha value is -3.96. The summed E-state index contributed by atoms with van der Waals surface area (Å²) in [7, 11) is -4.14. The predicted molar refractivity (Wildman–Crippen MR) is 121 cm³/mol. The van der Waals surface area contributed by atoms with Crippen LogP contribution in [0.15, 0.2) is 59.5 Å². The largest absolute Gasteiger partial charge is 0.507 e. The molecule has 0 aliphatic carbocycles. The monoisotopic (exact) mass is 488 g/mol. The molecule has 0 aromatic heterocycles. The van der Waals surface area contributed by atoms with E-state index >= 15 is 0 Å². The Morgan fingerprint density at radius 2 is 1.62 bits per heavy atom. The van der Waals surface area contributed by atoms with Crippen LogP contribution >= 0.6 is 0 Å². The smallest absolute Gasteiger partial charge is 0.394 e. The maximum Gasteiger partial charge on any atom is 0.394 e. The number of benzene rings is 3. The van der Waals surface area contributed by atoms with E-state index in [1.165, 1.54) is 48.5 Å². The first-order valence-electron chi connectivity index (χ1n) is 9.87. The predicted octanol–water partition coefficient (Wildman–Crippen LogP) is 3.44. The van der Waals surface area contributed by atoms with Crippen molar-refractivity contribution in [2.45, 2.75) is 25.3 Å². The summed E-state index contributed by atoms with van der Waals surface area (Å²) in [6.45, 7) is 3.22. The van der Waals surface area contributed by atoms with Crippen molar-refractivity contribution < 1.29 is 37.3 Å². The molecule has 178 valence electrons. The number of carbonyl (C=O) groups excluding carboxylic acids is 1. The second-order valence-corrected chi connectivity index (χ2v) is 9.12. The summed E-state index contributed by atoms with van der Waals surface area (Å²) >= 11 is 0. The van der Waals surface area contributed by atoms with E-state index < -0.39 is 38.4 Å². The highest BCUT2D eigenvalue weighted by Gasteiger charge is 2.21. The number of halogens is 1. The molecule has 0 aliphatic rings. The molecular weight excluding hydrogens is 467 g/mol. The third kappa shape index (κ3) is 5.88. The number of nitrogens with one attached hydrogen (secondary N) is 2. The molecule has 4 N–H and O–H groups in total. The maximum absolute atomic E-state index is 13.0. The quantitative estimate of drug-likeness (QED) is 0.373. The molecule has 3 aromatic rings. The Morgan fingerprint density at radius 1 is 1.00 bits per heavy atom. The van der Waals surface area contributed by atoms with Crippen LogP contribution in [-0.4, -0.2) is 30.5 Å². The van der Waals surface area contributed by atoms with Gasteiger partial charge in [0.15, 0.2) is 0 Å². The molecular formula is C23H21FN2O7S. The summed E-state index contributed by atoms with van der Waals surface area (Å²) in [5.74, 6) is -3.26. The molecule has 0 fully saturated rings. The average Bonchev–Trinajstić information content (AvgIpc) is 2.76. The molecule has 0 heterocycles. The summed E-state index contributed by atoms with van der Waals surface area (Å²) < 4.78 is 46.7. The van der Waals surface area contributed by atoms with Gasteiger partial charge in [0.2, 0.25) is 10.0 Å². The first-order chi connectivity index (χ1) is 16.0. The van der Waals surface area contributed by atoms with Crippen molar-refractivity contribution in [3.05, 3.63) is 77.1 Å². The number of rotatable bonds is 7. The van der Waals surface area contributed by atoms with E-state index in [2.05, 4.69) is 10.0 Å². The highest BCUT2D eigenvalue weighted by Crippen LogP contribution is 2.34. The van der Waals surface area contributed by atoms with E-state index in [9.17, 15) is 27.5 Å². The molecule has 0 bridgehead atoms. The minimum atomic E-state index is -4.14. The number of carbonyl (C=O) groups is 2. The highest BCUT2D eigenvalue weighted by molar-refractivity contribution is 7.89. The Kier molecular flexibility index (Phi) is 7.18. The van der Waals surface area contributed by atoms with Gasteiger partial charge in [-0.2, -0.15) is 0 Å². The van der Waals surface area contributed by atoms with E-state index in [1.54, 1.807) is 13.8 Å². The Balaban J connectivity index is 1.82. The van der Waals surface area contributed by atoms with Gasteiger partial charge in [-0.05, 0) is 66.9 Å². The van der Waals surface area contributed by atoms with Gasteiger partial charge in [-0.15, -0.1) is 0 Å². The lowest BCUT2D eigenvalue weighted by atomic mass is 10.1. The minimum absolute atomic E-state index is 0.116. The number of aryl methyl sites for hydroxylation is 2. The first-order valence-corrected chi connectivity index (χ1v) is 11.3. The molecule has 9 nitrogen and oxygen atoms in total. The average molecular weight is 488 g/mol. The van der Waals surface area contributed by atoms with Gasteiger partial charge < -0.3 is 20.3 Å². The topological polar surface area (TPSA) is 142 Å². The van der Waals surface area contributed by atoms with Crippen molar-refractivity contribution >= 4 is 27.6 Å². The number of phenolic OH excluding ortho intramolecular Hbond substituents is 1. The zero-order chi connectivity index (χ0) is 25.0. The molecule has 0 radical (unpaired) electrons. The standard InChI is InChI=1S/C23H21FN2O7S/c1-13-9-17(26-22(28)23(29)30)10-14(2)21(13)33-18-7-8-19(27)20(11-18)34(31,32)25-12-15-3-5-16(24)6-4-15/h3-11,25,27H,12H2,1-2H3,(H,26,28)(H,29,30). The second kappa shape index (κ2) is 9.89. The normalized spacial score (nSPS) is 11.1. The van der Waals surface area contributed by atoms with Gasteiger partial charge in [-0.25, -0.2) is 22.3 Å². The third-order valence-corrected chi connectivity index (χ3v) is 6.16. The van der Waals surface area contributed by atoms with Crippen LogP contribution in [0.1, 0.15) is 16.7 Å². The number of aromatic hydroxyl groups is 1. The minimum Gasteiger partial charge on any atom is -0.507 e. The highest BCUT2D eigenvalue weighted by atomic mass is 32.2. The Morgan fingerprint density at radius 3 is 2.21 bits per heavy atom. The van der Waals surface area contributed by atoms with E-state index in [1.807, 2.05) is 0 Å². The van der Waals surface area contributed by atoms with Gasteiger partial charge in [-0.3, -0.25) is 4.79 Å². The number of carboxylic acids is 1. The molecule has 0 spiro atoms. The van der Waals surface area contributed by atoms with E-state index in [0.717, 1.165) is 6.07 Å². The van der Waals surface area contributed by atoms with E-state index in [4.69, 9.17) is 9.84 Å². The lowest BCUT2D eigenvalue weighted by Gasteiger charge is -2.15.